The van der Waals surface area contributed by atoms with Gasteiger partial charge in [0.25, 0.3) is 0 Å². The van der Waals surface area contributed by atoms with Crippen molar-refractivity contribution in [2.45, 2.75) is 39.7 Å². The SMILES string of the molecule is CC(C)(C)CC(O)Cc1ccco1. The topological polar surface area (TPSA) is 33.4 Å². The molecule has 1 unspecified atom stereocenters. The molecule has 0 bridgehead atoms. The molecular formula is C11H18O2. The monoisotopic (exact) mass is 182 g/mol. The third kappa shape index (κ3) is 4.13. The van der Waals surface area contributed by atoms with Gasteiger partial charge in [-0.1, -0.05) is 20.8 Å². The van der Waals surface area contributed by atoms with E-state index in [2.05, 4.69) is 20.8 Å². The fourth-order valence-corrected chi connectivity index (χ4v) is 1.44. The van der Waals surface area contributed by atoms with E-state index in [1.807, 2.05) is 12.1 Å². The first-order valence-corrected chi connectivity index (χ1v) is 4.68. The van der Waals surface area contributed by atoms with Gasteiger partial charge in [-0.2, -0.15) is 0 Å². The van der Waals surface area contributed by atoms with Crippen molar-refractivity contribution in [3.8, 4) is 0 Å². The standard InChI is InChI=1S/C11H18O2/c1-11(2,3)8-9(12)7-10-5-4-6-13-10/h4-6,9,12H,7-8H2,1-3H3. The molecule has 0 amide bonds. The van der Waals surface area contributed by atoms with Crippen molar-refractivity contribution in [2.24, 2.45) is 5.41 Å². The largest absolute Gasteiger partial charge is 0.469 e. The van der Waals surface area contributed by atoms with Crippen LogP contribution in [0.15, 0.2) is 22.8 Å². The van der Waals surface area contributed by atoms with Gasteiger partial charge in [-0.25, -0.2) is 0 Å². The number of aliphatic hydroxyl groups is 1. The van der Waals surface area contributed by atoms with Crippen molar-refractivity contribution in [3.05, 3.63) is 24.2 Å². The van der Waals surface area contributed by atoms with Gasteiger partial charge in [0.2, 0.25) is 0 Å². The van der Waals surface area contributed by atoms with Gasteiger partial charge in [-0.3, -0.25) is 0 Å². The van der Waals surface area contributed by atoms with E-state index < -0.39 is 0 Å². The summed E-state index contributed by atoms with van der Waals surface area (Å²) in [5.74, 6) is 0.858. The Hall–Kier alpha value is -0.760. The molecule has 1 N–H and O–H groups in total. The minimum atomic E-state index is -0.300. The molecule has 0 aliphatic carbocycles. The van der Waals surface area contributed by atoms with Crippen LogP contribution in [-0.2, 0) is 6.42 Å². The van der Waals surface area contributed by atoms with Gasteiger partial charge in [0.1, 0.15) is 5.76 Å². The van der Waals surface area contributed by atoms with Crippen LogP contribution >= 0.6 is 0 Å². The van der Waals surface area contributed by atoms with Crippen LogP contribution in [-0.4, -0.2) is 11.2 Å². The van der Waals surface area contributed by atoms with Crippen LogP contribution in [0.3, 0.4) is 0 Å². The molecular weight excluding hydrogens is 164 g/mol. The number of furan rings is 1. The van der Waals surface area contributed by atoms with E-state index in [1.54, 1.807) is 6.26 Å². The lowest BCUT2D eigenvalue weighted by molar-refractivity contribution is 0.116. The summed E-state index contributed by atoms with van der Waals surface area (Å²) in [7, 11) is 0. The van der Waals surface area contributed by atoms with Crippen LogP contribution in [0.4, 0.5) is 0 Å². The maximum atomic E-state index is 9.70. The minimum Gasteiger partial charge on any atom is -0.469 e. The highest BCUT2D eigenvalue weighted by Crippen LogP contribution is 2.22. The van der Waals surface area contributed by atoms with Gasteiger partial charge in [0.15, 0.2) is 0 Å². The Morgan fingerprint density at radius 1 is 1.46 bits per heavy atom. The molecule has 0 fully saturated rings. The molecule has 1 atom stereocenters. The van der Waals surface area contributed by atoms with E-state index in [4.69, 9.17) is 4.42 Å². The summed E-state index contributed by atoms with van der Waals surface area (Å²) in [5.41, 5.74) is 0.173. The lowest BCUT2D eigenvalue weighted by Crippen LogP contribution is -2.19. The first-order valence-electron chi connectivity index (χ1n) is 4.68. The summed E-state index contributed by atoms with van der Waals surface area (Å²) < 4.78 is 5.16. The Balaban J connectivity index is 2.38. The van der Waals surface area contributed by atoms with Crippen LogP contribution in [0.1, 0.15) is 33.0 Å². The average molecular weight is 182 g/mol. The Morgan fingerprint density at radius 3 is 2.62 bits per heavy atom. The molecule has 2 heteroatoms. The second-order valence-electron chi connectivity index (χ2n) is 4.70. The normalized spacial score (nSPS) is 14.5. The Morgan fingerprint density at radius 2 is 2.15 bits per heavy atom. The molecule has 2 nitrogen and oxygen atoms in total. The molecule has 0 aromatic carbocycles. The van der Waals surface area contributed by atoms with Crippen LogP contribution in [0.25, 0.3) is 0 Å². The zero-order valence-electron chi connectivity index (χ0n) is 8.58. The Kier molecular flexibility index (Phi) is 3.15. The molecule has 0 radical (unpaired) electrons. The molecule has 0 aliphatic heterocycles. The van der Waals surface area contributed by atoms with Crippen LogP contribution in [0, 0.1) is 5.41 Å². The molecule has 0 spiro atoms. The second-order valence-corrected chi connectivity index (χ2v) is 4.70. The van der Waals surface area contributed by atoms with E-state index in [1.165, 1.54) is 0 Å². The number of rotatable bonds is 3. The first kappa shape index (κ1) is 10.3. The van der Waals surface area contributed by atoms with Crippen molar-refractivity contribution in [2.75, 3.05) is 0 Å². The lowest BCUT2D eigenvalue weighted by Gasteiger charge is -2.21. The molecule has 1 rings (SSSR count). The van der Waals surface area contributed by atoms with Gasteiger partial charge in [-0.05, 0) is 24.0 Å². The minimum absolute atomic E-state index is 0.173. The lowest BCUT2D eigenvalue weighted by atomic mass is 9.88. The third-order valence-electron chi connectivity index (χ3n) is 1.86. The third-order valence-corrected chi connectivity index (χ3v) is 1.86. The fraction of sp³-hybridized carbons (Fsp3) is 0.636. The van der Waals surface area contributed by atoms with Crippen molar-refractivity contribution < 1.29 is 9.52 Å². The highest BCUT2D eigenvalue weighted by molar-refractivity contribution is 4.99. The predicted molar refractivity (Wildman–Crippen MR) is 52.5 cm³/mol. The van der Waals surface area contributed by atoms with Gasteiger partial charge < -0.3 is 9.52 Å². The molecule has 74 valence electrons. The van der Waals surface area contributed by atoms with Crippen molar-refractivity contribution in [1.82, 2.24) is 0 Å². The van der Waals surface area contributed by atoms with E-state index in [-0.39, 0.29) is 11.5 Å². The number of hydrogen-bond acceptors (Lipinski definition) is 2. The summed E-state index contributed by atoms with van der Waals surface area (Å²) in [6.07, 6.45) is 2.75. The molecule has 0 saturated heterocycles. The molecule has 0 aliphatic rings. The molecule has 0 saturated carbocycles. The average Bonchev–Trinajstić information content (AvgIpc) is 2.34. The predicted octanol–water partition coefficient (Wildman–Crippen LogP) is 2.62. The van der Waals surface area contributed by atoms with Gasteiger partial charge in [0.05, 0.1) is 12.4 Å². The quantitative estimate of drug-likeness (QED) is 0.779. The maximum absolute atomic E-state index is 9.70. The smallest absolute Gasteiger partial charge is 0.106 e. The number of hydrogen-bond donors (Lipinski definition) is 1. The zero-order valence-corrected chi connectivity index (χ0v) is 8.58. The van der Waals surface area contributed by atoms with E-state index in [0.717, 1.165) is 12.2 Å². The van der Waals surface area contributed by atoms with Crippen molar-refractivity contribution in [1.29, 1.82) is 0 Å². The summed E-state index contributed by atoms with van der Waals surface area (Å²) >= 11 is 0. The van der Waals surface area contributed by atoms with Gasteiger partial charge in [-0.15, -0.1) is 0 Å². The highest BCUT2D eigenvalue weighted by atomic mass is 16.3. The Labute approximate surface area is 79.6 Å². The Bertz CT molecular complexity index is 231. The molecule has 1 aromatic heterocycles. The van der Waals surface area contributed by atoms with Crippen LogP contribution in [0.2, 0.25) is 0 Å². The van der Waals surface area contributed by atoms with Crippen molar-refractivity contribution >= 4 is 0 Å². The first-order chi connectivity index (χ1) is 5.97. The fourth-order valence-electron chi connectivity index (χ4n) is 1.44. The highest BCUT2D eigenvalue weighted by Gasteiger charge is 2.17. The summed E-state index contributed by atoms with van der Waals surface area (Å²) in [6.45, 7) is 6.37. The molecule has 1 aromatic rings. The summed E-state index contributed by atoms with van der Waals surface area (Å²) in [6, 6.07) is 3.74. The van der Waals surface area contributed by atoms with E-state index in [9.17, 15) is 5.11 Å². The number of aliphatic hydroxyl groups excluding tert-OH is 1. The van der Waals surface area contributed by atoms with Gasteiger partial charge in [0, 0.05) is 6.42 Å². The maximum Gasteiger partial charge on any atom is 0.106 e. The van der Waals surface area contributed by atoms with Crippen LogP contribution < -0.4 is 0 Å². The zero-order chi connectivity index (χ0) is 9.90. The molecule has 13 heavy (non-hydrogen) atoms. The second kappa shape index (κ2) is 3.97. The van der Waals surface area contributed by atoms with Crippen LogP contribution in [0.5, 0.6) is 0 Å². The van der Waals surface area contributed by atoms with E-state index >= 15 is 0 Å². The summed E-state index contributed by atoms with van der Waals surface area (Å²) in [5, 5.41) is 9.70. The van der Waals surface area contributed by atoms with Crippen molar-refractivity contribution in [3.63, 3.8) is 0 Å². The summed E-state index contributed by atoms with van der Waals surface area (Å²) in [4.78, 5) is 0. The molecule has 1 heterocycles. The van der Waals surface area contributed by atoms with Gasteiger partial charge >= 0.3 is 0 Å². The van der Waals surface area contributed by atoms with E-state index in [0.29, 0.717) is 6.42 Å².